The third-order valence-corrected chi connectivity index (χ3v) is 3.59. The Balaban J connectivity index is 2.09. The van der Waals surface area contributed by atoms with Crippen molar-refractivity contribution in [2.24, 2.45) is 0 Å². The van der Waals surface area contributed by atoms with Gasteiger partial charge in [0.25, 0.3) is 0 Å². The molecule has 0 aliphatic rings. The Bertz CT molecular complexity index is 619. The SMILES string of the molecule is O=C(COc1c(F)cc(F)cc1Br)c1ccc(Br)cc1. The second-order valence-corrected chi connectivity index (χ2v) is 5.69. The molecule has 0 amide bonds. The molecule has 6 heteroatoms. The summed E-state index contributed by atoms with van der Waals surface area (Å²) in [6.07, 6.45) is 0. The highest BCUT2D eigenvalue weighted by molar-refractivity contribution is 9.10. The minimum Gasteiger partial charge on any atom is -0.481 e. The van der Waals surface area contributed by atoms with Gasteiger partial charge >= 0.3 is 0 Å². The smallest absolute Gasteiger partial charge is 0.200 e. The number of hydrogen-bond acceptors (Lipinski definition) is 2. The van der Waals surface area contributed by atoms with E-state index >= 15 is 0 Å². The number of rotatable bonds is 4. The first-order valence-electron chi connectivity index (χ1n) is 5.53. The lowest BCUT2D eigenvalue weighted by Crippen LogP contribution is -2.12. The molecule has 104 valence electrons. The van der Waals surface area contributed by atoms with E-state index in [1.807, 2.05) is 0 Å². The third kappa shape index (κ3) is 3.64. The van der Waals surface area contributed by atoms with Crippen molar-refractivity contribution in [2.75, 3.05) is 6.61 Å². The van der Waals surface area contributed by atoms with E-state index in [1.54, 1.807) is 24.3 Å². The summed E-state index contributed by atoms with van der Waals surface area (Å²) in [5, 5.41) is 0. The summed E-state index contributed by atoms with van der Waals surface area (Å²) in [5.41, 5.74) is 0.451. The molecular weight excluding hydrogens is 398 g/mol. The van der Waals surface area contributed by atoms with Crippen LogP contribution in [0.15, 0.2) is 45.3 Å². The van der Waals surface area contributed by atoms with E-state index in [0.717, 1.165) is 10.5 Å². The van der Waals surface area contributed by atoms with Gasteiger partial charge in [0.05, 0.1) is 4.47 Å². The van der Waals surface area contributed by atoms with E-state index in [9.17, 15) is 13.6 Å². The van der Waals surface area contributed by atoms with E-state index in [-0.39, 0.29) is 22.6 Å². The van der Waals surface area contributed by atoms with Crippen LogP contribution < -0.4 is 4.74 Å². The fourth-order valence-electron chi connectivity index (χ4n) is 1.52. The first-order valence-corrected chi connectivity index (χ1v) is 7.12. The van der Waals surface area contributed by atoms with Gasteiger partial charge in [-0.1, -0.05) is 28.1 Å². The van der Waals surface area contributed by atoms with Crippen molar-refractivity contribution in [1.82, 2.24) is 0 Å². The average molecular weight is 406 g/mol. The zero-order valence-corrected chi connectivity index (χ0v) is 13.2. The van der Waals surface area contributed by atoms with Crippen LogP contribution in [0.25, 0.3) is 0 Å². The molecule has 2 aromatic rings. The number of Topliss-reactive ketones (excluding diaryl/α,β-unsaturated/α-hetero) is 1. The van der Waals surface area contributed by atoms with Crippen LogP contribution in [0.2, 0.25) is 0 Å². The molecule has 2 aromatic carbocycles. The molecule has 0 radical (unpaired) electrons. The molecule has 0 heterocycles. The van der Waals surface area contributed by atoms with Crippen LogP contribution >= 0.6 is 31.9 Å². The second-order valence-electron chi connectivity index (χ2n) is 3.92. The Morgan fingerprint density at radius 3 is 2.35 bits per heavy atom. The van der Waals surface area contributed by atoms with Gasteiger partial charge in [-0.05, 0) is 34.1 Å². The van der Waals surface area contributed by atoms with Gasteiger partial charge in [-0.15, -0.1) is 0 Å². The van der Waals surface area contributed by atoms with Crippen molar-refractivity contribution in [3.05, 3.63) is 62.5 Å². The standard InChI is InChI=1S/C14H8Br2F2O2/c15-9-3-1-8(2-4-9)13(19)7-20-14-11(16)5-10(17)6-12(14)18/h1-6H,7H2. The molecule has 0 unspecified atom stereocenters. The summed E-state index contributed by atoms with van der Waals surface area (Å²) in [6, 6.07) is 8.48. The molecule has 0 atom stereocenters. The fraction of sp³-hybridized carbons (Fsp3) is 0.0714. The molecule has 0 saturated carbocycles. The lowest BCUT2D eigenvalue weighted by molar-refractivity contribution is 0.0918. The zero-order chi connectivity index (χ0) is 14.7. The molecule has 0 spiro atoms. The second kappa shape index (κ2) is 6.45. The maximum atomic E-state index is 13.5. The summed E-state index contributed by atoms with van der Waals surface area (Å²) in [5.74, 6) is -2.06. The summed E-state index contributed by atoms with van der Waals surface area (Å²) >= 11 is 6.25. The van der Waals surface area contributed by atoms with Gasteiger partial charge in [0, 0.05) is 16.1 Å². The van der Waals surface area contributed by atoms with Gasteiger partial charge < -0.3 is 4.74 Å². The van der Waals surface area contributed by atoms with E-state index < -0.39 is 11.6 Å². The van der Waals surface area contributed by atoms with Crippen LogP contribution in [-0.4, -0.2) is 12.4 Å². The van der Waals surface area contributed by atoms with Gasteiger partial charge in [-0.2, -0.15) is 0 Å². The number of ether oxygens (including phenoxy) is 1. The van der Waals surface area contributed by atoms with Crippen molar-refractivity contribution in [3.63, 3.8) is 0 Å². The number of benzene rings is 2. The van der Waals surface area contributed by atoms with Crippen molar-refractivity contribution >= 4 is 37.6 Å². The minimum absolute atomic E-state index is 0.124. The molecule has 0 bridgehead atoms. The van der Waals surface area contributed by atoms with Crippen LogP contribution in [0, 0.1) is 11.6 Å². The predicted molar refractivity (Wildman–Crippen MR) is 78.0 cm³/mol. The molecule has 0 aromatic heterocycles. The van der Waals surface area contributed by atoms with Gasteiger partial charge in [0.1, 0.15) is 5.82 Å². The highest BCUT2D eigenvalue weighted by atomic mass is 79.9. The van der Waals surface area contributed by atoms with Crippen LogP contribution in [0.5, 0.6) is 5.75 Å². The Labute approximate surface area is 131 Å². The monoisotopic (exact) mass is 404 g/mol. The number of hydrogen-bond donors (Lipinski definition) is 0. The van der Waals surface area contributed by atoms with Crippen molar-refractivity contribution < 1.29 is 18.3 Å². The van der Waals surface area contributed by atoms with Crippen molar-refractivity contribution in [3.8, 4) is 5.75 Å². The summed E-state index contributed by atoms with van der Waals surface area (Å²) in [7, 11) is 0. The van der Waals surface area contributed by atoms with Crippen molar-refractivity contribution in [1.29, 1.82) is 0 Å². The lowest BCUT2D eigenvalue weighted by Gasteiger charge is -2.09. The van der Waals surface area contributed by atoms with Gasteiger partial charge in [-0.3, -0.25) is 4.79 Å². The molecule has 0 saturated heterocycles. The molecule has 2 nitrogen and oxygen atoms in total. The molecule has 2 rings (SSSR count). The molecule has 0 aliphatic carbocycles. The van der Waals surface area contributed by atoms with Gasteiger partial charge in [0.2, 0.25) is 0 Å². The minimum atomic E-state index is -0.861. The summed E-state index contributed by atoms with van der Waals surface area (Å²) in [4.78, 5) is 11.9. The van der Waals surface area contributed by atoms with E-state index in [4.69, 9.17) is 4.74 Å². The average Bonchev–Trinajstić information content (AvgIpc) is 2.38. The van der Waals surface area contributed by atoms with Crippen LogP contribution in [-0.2, 0) is 0 Å². The number of carbonyl (C=O) groups excluding carboxylic acids is 1. The highest BCUT2D eigenvalue weighted by Gasteiger charge is 2.13. The maximum Gasteiger partial charge on any atom is 0.200 e. The number of carbonyl (C=O) groups is 1. The van der Waals surface area contributed by atoms with E-state index in [1.165, 1.54) is 0 Å². The first-order chi connectivity index (χ1) is 9.47. The molecule has 20 heavy (non-hydrogen) atoms. The Morgan fingerprint density at radius 1 is 1.10 bits per heavy atom. The number of ketones is 1. The van der Waals surface area contributed by atoms with Gasteiger partial charge in [-0.25, -0.2) is 8.78 Å². The third-order valence-electron chi connectivity index (χ3n) is 2.48. The van der Waals surface area contributed by atoms with Crippen LogP contribution in [0.4, 0.5) is 8.78 Å². The van der Waals surface area contributed by atoms with Crippen LogP contribution in [0.3, 0.4) is 0 Å². The maximum absolute atomic E-state index is 13.5. The number of halogens is 4. The normalized spacial score (nSPS) is 10.4. The quantitative estimate of drug-likeness (QED) is 0.686. The predicted octanol–water partition coefficient (Wildman–Crippen LogP) is 4.75. The fourth-order valence-corrected chi connectivity index (χ4v) is 2.31. The Kier molecular flexibility index (Phi) is 4.88. The Hall–Kier alpha value is -1.27. The van der Waals surface area contributed by atoms with Crippen molar-refractivity contribution in [2.45, 2.75) is 0 Å². The van der Waals surface area contributed by atoms with Crippen LogP contribution in [0.1, 0.15) is 10.4 Å². The Morgan fingerprint density at radius 2 is 1.75 bits per heavy atom. The lowest BCUT2D eigenvalue weighted by atomic mass is 10.1. The molecule has 0 aliphatic heterocycles. The summed E-state index contributed by atoms with van der Waals surface area (Å²) < 4.78 is 32.5. The highest BCUT2D eigenvalue weighted by Crippen LogP contribution is 2.29. The summed E-state index contributed by atoms with van der Waals surface area (Å²) in [6.45, 7) is -0.331. The molecule has 0 N–H and O–H groups in total. The zero-order valence-electron chi connectivity index (χ0n) is 10.00. The molecule has 0 fully saturated rings. The van der Waals surface area contributed by atoms with E-state index in [0.29, 0.717) is 11.6 Å². The van der Waals surface area contributed by atoms with Gasteiger partial charge in [0.15, 0.2) is 24.0 Å². The first kappa shape index (κ1) is 15.1. The topological polar surface area (TPSA) is 26.3 Å². The molecular formula is C14H8Br2F2O2. The van der Waals surface area contributed by atoms with E-state index in [2.05, 4.69) is 31.9 Å². The largest absolute Gasteiger partial charge is 0.481 e.